The van der Waals surface area contributed by atoms with E-state index in [1.54, 1.807) is 5.38 Å². The molecule has 1 aliphatic rings. The lowest BCUT2D eigenvalue weighted by molar-refractivity contribution is 0.301. The Bertz CT molecular complexity index is 946. The number of nitrogens with zero attached hydrogens (tertiary/aromatic N) is 7. The molecule has 3 heterocycles. The molecular weight excluding hydrogens is 318 g/mol. The fourth-order valence-corrected chi connectivity index (χ4v) is 2.72. The lowest BCUT2D eigenvalue weighted by Crippen LogP contribution is -2.24. The topological polar surface area (TPSA) is 101 Å². The van der Waals surface area contributed by atoms with Crippen LogP contribution in [-0.2, 0) is 13.7 Å². The second-order valence-corrected chi connectivity index (χ2v) is 6.02. The van der Waals surface area contributed by atoms with Crippen LogP contribution in [0.4, 0.5) is 0 Å². The van der Waals surface area contributed by atoms with Gasteiger partial charge in [0.25, 0.3) is 5.19 Å². The summed E-state index contributed by atoms with van der Waals surface area (Å²) in [7, 11) is 1.53. The summed E-state index contributed by atoms with van der Waals surface area (Å²) in [5.74, 6) is 0.325. The van der Waals surface area contributed by atoms with Crippen LogP contribution in [0.2, 0.25) is 0 Å². The zero-order valence-corrected chi connectivity index (χ0v) is 13.0. The molecule has 0 radical (unpaired) electrons. The van der Waals surface area contributed by atoms with E-state index in [1.807, 2.05) is 0 Å². The van der Waals surface area contributed by atoms with Crippen molar-refractivity contribution in [1.82, 2.24) is 35.0 Å². The highest BCUT2D eigenvalue weighted by Gasteiger charge is 2.30. The molecule has 1 aliphatic carbocycles. The van der Waals surface area contributed by atoms with Crippen LogP contribution in [0.25, 0.3) is 5.69 Å². The molecule has 23 heavy (non-hydrogen) atoms. The smallest absolute Gasteiger partial charge is 0.368 e. The van der Waals surface area contributed by atoms with Crippen LogP contribution in [0.15, 0.2) is 22.5 Å². The molecule has 0 atom stereocenters. The van der Waals surface area contributed by atoms with Crippen molar-refractivity contribution >= 4 is 11.3 Å². The number of thiazole rings is 1. The quantitative estimate of drug-likeness (QED) is 0.676. The summed E-state index contributed by atoms with van der Waals surface area (Å²) in [5.41, 5.74) is 1.70. The van der Waals surface area contributed by atoms with E-state index in [0.717, 1.165) is 28.8 Å². The Hall–Kier alpha value is -2.62. The molecule has 3 aromatic rings. The summed E-state index contributed by atoms with van der Waals surface area (Å²) in [6.07, 6.45) is 3.72. The maximum Gasteiger partial charge on any atom is 0.368 e. The fourth-order valence-electron chi connectivity index (χ4n) is 2.28. The molecule has 9 nitrogen and oxygen atoms in total. The molecule has 118 valence electrons. The number of ether oxygens (including phenoxy) is 1. The van der Waals surface area contributed by atoms with Crippen LogP contribution in [0.1, 0.15) is 31.4 Å². The maximum absolute atomic E-state index is 12.2. The summed E-state index contributed by atoms with van der Waals surface area (Å²) in [4.78, 5) is 16.1. The third kappa shape index (κ3) is 2.61. The molecule has 4 rings (SSSR count). The molecule has 0 unspecified atom stereocenters. The van der Waals surface area contributed by atoms with E-state index in [-0.39, 0.29) is 18.5 Å². The predicted octanol–water partition coefficient (Wildman–Crippen LogP) is 0.669. The highest BCUT2D eigenvalue weighted by atomic mass is 32.1. The van der Waals surface area contributed by atoms with Crippen LogP contribution in [0.3, 0.4) is 0 Å². The first-order valence-corrected chi connectivity index (χ1v) is 7.90. The molecule has 0 aromatic carbocycles. The van der Waals surface area contributed by atoms with Crippen molar-refractivity contribution in [2.24, 2.45) is 7.05 Å². The Morgan fingerprint density at radius 2 is 2.35 bits per heavy atom. The summed E-state index contributed by atoms with van der Waals surface area (Å²) < 4.78 is 15.5. The van der Waals surface area contributed by atoms with Crippen molar-refractivity contribution in [3.05, 3.63) is 39.5 Å². The molecule has 1 fully saturated rings. The molecule has 0 saturated heterocycles. The van der Waals surface area contributed by atoms with E-state index in [4.69, 9.17) is 6.11 Å². The lowest BCUT2D eigenvalue weighted by atomic mass is 10.1. The highest BCUT2D eigenvalue weighted by molar-refractivity contribution is 7.11. The third-order valence-electron chi connectivity index (χ3n) is 3.59. The van der Waals surface area contributed by atoms with Crippen LogP contribution < -0.4 is 10.4 Å². The van der Waals surface area contributed by atoms with Gasteiger partial charge in [0.15, 0.2) is 0 Å². The maximum atomic E-state index is 12.2. The molecule has 3 aromatic heterocycles. The molecule has 0 N–H and O–H groups in total. The van der Waals surface area contributed by atoms with Crippen molar-refractivity contribution in [2.45, 2.75) is 25.4 Å². The average molecular weight is 333 g/mol. The van der Waals surface area contributed by atoms with Crippen LogP contribution in [0.5, 0.6) is 5.19 Å². The Kier molecular flexibility index (Phi) is 3.10. The molecule has 0 aliphatic heterocycles. The largest absolute Gasteiger partial charge is 0.465 e. The van der Waals surface area contributed by atoms with Gasteiger partial charge in [-0.15, -0.1) is 0 Å². The molecular formula is C13H13N7O2S. The minimum Gasteiger partial charge on any atom is -0.465 e. The third-order valence-corrected chi connectivity index (χ3v) is 4.22. The zero-order valence-electron chi connectivity index (χ0n) is 13.2. The van der Waals surface area contributed by atoms with Crippen LogP contribution >= 0.6 is 11.3 Å². The van der Waals surface area contributed by atoms with Crippen molar-refractivity contribution < 1.29 is 6.11 Å². The molecule has 1 saturated carbocycles. The normalized spacial score (nSPS) is 14.7. The summed E-state index contributed by atoms with van der Waals surface area (Å²) >= 11 is 1.25. The van der Waals surface area contributed by atoms with Gasteiger partial charge in [0.1, 0.15) is 12.3 Å². The number of aryl methyl sites for hydroxylation is 1. The van der Waals surface area contributed by atoms with Gasteiger partial charge in [-0.05, 0) is 23.3 Å². The van der Waals surface area contributed by atoms with Gasteiger partial charge < -0.3 is 4.74 Å². The SMILES string of the molecule is [3H]c1csc(OCc2c(-n3nnn(C)c3=O)cnnc2C2CC2)n1. The van der Waals surface area contributed by atoms with E-state index in [9.17, 15) is 4.79 Å². The van der Waals surface area contributed by atoms with Crippen LogP contribution in [0, 0.1) is 0 Å². The Morgan fingerprint density at radius 3 is 3.00 bits per heavy atom. The molecule has 0 bridgehead atoms. The van der Waals surface area contributed by atoms with Crippen molar-refractivity contribution in [3.63, 3.8) is 0 Å². The average Bonchev–Trinajstić information content (AvgIpc) is 3.27. The first-order chi connectivity index (χ1) is 11.6. The number of hydrogen-bond donors (Lipinski definition) is 0. The zero-order chi connectivity index (χ0) is 16.7. The van der Waals surface area contributed by atoms with Crippen molar-refractivity contribution in [3.8, 4) is 10.9 Å². The second kappa shape index (κ2) is 5.54. The Balaban J connectivity index is 1.74. The van der Waals surface area contributed by atoms with E-state index < -0.39 is 0 Å². The van der Waals surface area contributed by atoms with Crippen LogP contribution in [-0.4, -0.2) is 35.0 Å². The van der Waals surface area contributed by atoms with Gasteiger partial charge in [-0.1, -0.05) is 11.3 Å². The number of aromatic nitrogens is 7. The van der Waals surface area contributed by atoms with Gasteiger partial charge >= 0.3 is 5.69 Å². The molecule has 0 spiro atoms. The van der Waals surface area contributed by atoms with Gasteiger partial charge in [0.05, 0.1) is 13.3 Å². The van der Waals surface area contributed by atoms with Gasteiger partial charge in [-0.2, -0.15) is 19.6 Å². The molecule has 0 amide bonds. The van der Waals surface area contributed by atoms with E-state index in [0.29, 0.717) is 16.8 Å². The lowest BCUT2D eigenvalue weighted by Gasteiger charge is -2.11. The summed E-state index contributed by atoms with van der Waals surface area (Å²) in [5, 5.41) is 17.8. The van der Waals surface area contributed by atoms with Gasteiger partial charge in [-0.3, -0.25) is 0 Å². The highest BCUT2D eigenvalue weighted by Crippen LogP contribution is 2.41. The van der Waals surface area contributed by atoms with Gasteiger partial charge in [-0.25, -0.2) is 9.78 Å². The second-order valence-electron chi connectivity index (χ2n) is 5.20. The summed E-state index contributed by atoms with van der Waals surface area (Å²) in [6.45, 7) is 0.173. The Morgan fingerprint density at radius 1 is 1.48 bits per heavy atom. The number of tetrazole rings is 1. The summed E-state index contributed by atoms with van der Waals surface area (Å²) in [6, 6.07) is 0. The van der Waals surface area contributed by atoms with Crippen molar-refractivity contribution in [1.29, 1.82) is 0 Å². The number of hydrogen-bond acceptors (Lipinski definition) is 8. The van der Waals surface area contributed by atoms with Crippen molar-refractivity contribution in [2.75, 3.05) is 0 Å². The minimum absolute atomic E-state index is 0.163. The van der Waals surface area contributed by atoms with E-state index in [2.05, 4.69) is 25.6 Å². The monoisotopic (exact) mass is 333 g/mol. The van der Waals surface area contributed by atoms with E-state index in [1.165, 1.54) is 29.3 Å². The standard InChI is InChI=1S/C13H13N7O2S/c1-19-13(21)20(18-17-19)10-6-15-16-11(8-2-3-8)9(10)7-22-12-14-4-5-23-12/h4-6,8H,2-3,7H2,1H3/i4T. The molecule has 10 heteroatoms. The number of rotatable bonds is 5. The first-order valence-electron chi connectivity index (χ1n) is 7.52. The predicted molar refractivity (Wildman–Crippen MR) is 80.6 cm³/mol. The minimum atomic E-state index is -0.367. The van der Waals surface area contributed by atoms with E-state index >= 15 is 0 Å². The first kappa shape index (κ1) is 12.9. The van der Waals surface area contributed by atoms with Gasteiger partial charge in [0.2, 0.25) is 0 Å². The van der Waals surface area contributed by atoms with Gasteiger partial charge in [0, 0.05) is 30.1 Å². The Labute approximate surface area is 136 Å². The fraction of sp³-hybridized carbons (Fsp3) is 0.385.